The fraction of sp³-hybridized carbons (Fsp3) is 1.00. The molecule has 0 aliphatic heterocycles. The molecule has 0 fully saturated rings. The summed E-state index contributed by atoms with van der Waals surface area (Å²) < 4.78 is 5.15. The summed E-state index contributed by atoms with van der Waals surface area (Å²) >= 11 is 0. The minimum absolute atomic E-state index is 0.260. The highest BCUT2D eigenvalue weighted by Crippen LogP contribution is 2.12. The molecule has 0 saturated heterocycles. The lowest BCUT2D eigenvalue weighted by molar-refractivity contribution is 0.0833. The molecule has 0 aromatic carbocycles. The highest BCUT2D eigenvalue weighted by Gasteiger charge is 2.22. The SMILES string of the molecule is CCC(N)C(C)N(CCOC)C(C)CC. The van der Waals surface area contributed by atoms with Crippen LogP contribution in [0.4, 0.5) is 0 Å². The van der Waals surface area contributed by atoms with E-state index in [0.717, 1.165) is 26.0 Å². The molecule has 0 radical (unpaired) electrons. The van der Waals surface area contributed by atoms with Gasteiger partial charge in [-0.05, 0) is 26.7 Å². The summed E-state index contributed by atoms with van der Waals surface area (Å²) in [6.07, 6.45) is 2.19. The number of hydrogen-bond acceptors (Lipinski definition) is 3. The maximum absolute atomic E-state index is 6.10. The van der Waals surface area contributed by atoms with Crippen LogP contribution >= 0.6 is 0 Å². The monoisotopic (exact) mass is 216 g/mol. The van der Waals surface area contributed by atoms with E-state index in [0.29, 0.717) is 12.1 Å². The molecule has 0 aliphatic rings. The molecule has 3 unspecified atom stereocenters. The average molecular weight is 216 g/mol. The van der Waals surface area contributed by atoms with Gasteiger partial charge in [-0.1, -0.05) is 13.8 Å². The third kappa shape index (κ3) is 4.96. The lowest BCUT2D eigenvalue weighted by Crippen LogP contribution is -2.50. The molecule has 15 heavy (non-hydrogen) atoms. The van der Waals surface area contributed by atoms with Gasteiger partial charge < -0.3 is 10.5 Å². The van der Waals surface area contributed by atoms with Crippen LogP contribution in [0.25, 0.3) is 0 Å². The van der Waals surface area contributed by atoms with Gasteiger partial charge >= 0.3 is 0 Å². The van der Waals surface area contributed by atoms with Crippen LogP contribution in [-0.4, -0.2) is 43.3 Å². The molecule has 0 saturated carbocycles. The van der Waals surface area contributed by atoms with E-state index in [1.807, 2.05) is 0 Å². The standard InChI is InChI=1S/C12H28N2O/c1-6-10(3)14(8-9-15-5)11(4)12(13)7-2/h10-12H,6-9,13H2,1-5H3. The topological polar surface area (TPSA) is 38.5 Å². The lowest BCUT2D eigenvalue weighted by Gasteiger charge is -2.36. The van der Waals surface area contributed by atoms with Gasteiger partial charge in [0.15, 0.2) is 0 Å². The van der Waals surface area contributed by atoms with Crippen LogP contribution in [-0.2, 0) is 4.74 Å². The van der Waals surface area contributed by atoms with Crippen LogP contribution in [0.3, 0.4) is 0 Å². The molecule has 0 bridgehead atoms. The molecule has 0 heterocycles. The Morgan fingerprint density at radius 1 is 1.20 bits per heavy atom. The Labute approximate surface area is 95.0 Å². The van der Waals surface area contributed by atoms with Crippen molar-refractivity contribution in [3.8, 4) is 0 Å². The van der Waals surface area contributed by atoms with Crippen LogP contribution in [0.1, 0.15) is 40.5 Å². The zero-order valence-corrected chi connectivity index (χ0v) is 11.0. The molecule has 0 aliphatic carbocycles. The zero-order valence-electron chi connectivity index (χ0n) is 11.0. The van der Waals surface area contributed by atoms with Gasteiger partial charge in [-0.25, -0.2) is 0 Å². The van der Waals surface area contributed by atoms with E-state index in [-0.39, 0.29) is 6.04 Å². The minimum atomic E-state index is 0.260. The van der Waals surface area contributed by atoms with Crippen LogP contribution in [0.15, 0.2) is 0 Å². The van der Waals surface area contributed by atoms with E-state index in [4.69, 9.17) is 10.5 Å². The van der Waals surface area contributed by atoms with Gasteiger partial charge in [0.25, 0.3) is 0 Å². The first-order chi connectivity index (χ1) is 7.08. The second kappa shape index (κ2) is 8.08. The Morgan fingerprint density at radius 2 is 1.80 bits per heavy atom. The normalized spacial score (nSPS) is 17.8. The Bertz CT molecular complexity index is 153. The molecule has 3 atom stereocenters. The number of ether oxygens (including phenoxy) is 1. The van der Waals surface area contributed by atoms with Crippen molar-refractivity contribution in [1.82, 2.24) is 4.90 Å². The van der Waals surface area contributed by atoms with Crippen LogP contribution in [0.5, 0.6) is 0 Å². The van der Waals surface area contributed by atoms with Gasteiger partial charge in [-0.2, -0.15) is 0 Å². The Morgan fingerprint density at radius 3 is 2.20 bits per heavy atom. The van der Waals surface area contributed by atoms with Gasteiger partial charge in [0.1, 0.15) is 0 Å². The highest BCUT2D eigenvalue weighted by molar-refractivity contribution is 4.80. The Kier molecular flexibility index (Phi) is 8.02. The third-order valence-corrected chi connectivity index (χ3v) is 3.32. The van der Waals surface area contributed by atoms with E-state index in [1.165, 1.54) is 0 Å². The van der Waals surface area contributed by atoms with Crippen LogP contribution in [0.2, 0.25) is 0 Å². The summed E-state index contributed by atoms with van der Waals surface area (Å²) in [7, 11) is 1.75. The van der Waals surface area contributed by atoms with Crippen LogP contribution in [0, 0.1) is 0 Å². The van der Waals surface area contributed by atoms with E-state index in [9.17, 15) is 0 Å². The molecule has 2 N–H and O–H groups in total. The van der Waals surface area contributed by atoms with Gasteiger partial charge in [0.2, 0.25) is 0 Å². The van der Waals surface area contributed by atoms with Gasteiger partial charge in [0, 0.05) is 31.8 Å². The molecule has 0 rings (SSSR count). The molecule has 92 valence electrons. The largest absolute Gasteiger partial charge is 0.383 e. The Hall–Kier alpha value is -0.120. The summed E-state index contributed by atoms with van der Waals surface area (Å²) in [5, 5.41) is 0. The predicted octanol–water partition coefficient (Wildman–Crippen LogP) is 1.86. The molecule has 0 amide bonds. The molecular formula is C12H28N2O. The van der Waals surface area contributed by atoms with E-state index in [2.05, 4.69) is 32.6 Å². The van der Waals surface area contributed by atoms with Crippen molar-refractivity contribution in [3.63, 3.8) is 0 Å². The fourth-order valence-electron chi connectivity index (χ4n) is 1.84. The van der Waals surface area contributed by atoms with Crippen molar-refractivity contribution in [2.75, 3.05) is 20.3 Å². The summed E-state index contributed by atoms with van der Waals surface area (Å²) in [5.74, 6) is 0. The average Bonchev–Trinajstić information content (AvgIpc) is 2.27. The lowest BCUT2D eigenvalue weighted by atomic mass is 10.0. The first-order valence-corrected chi connectivity index (χ1v) is 6.08. The summed E-state index contributed by atoms with van der Waals surface area (Å²) in [4.78, 5) is 2.46. The predicted molar refractivity (Wildman–Crippen MR) is 66.1 cm³/mol. The van der Waals surface area contributed by atoms with Gasteiger partial charge in [-0.3, -0.25) is 4.90 Å². The first-order valence-electron chi connectivity index (χ1n) is 6.08. The molecule has 0 aromatic heterocycles. The molecule has 3 heteroatoms. The highest BCUT2D eigenvalue weighted by atomic mass is 16.5. The van der Waals surface area contributed by atoms with Crippen molar-refractivity contribution in [2.24, 2.45) is 5.73 Å². The maximum atomic E-state index is 6.10. The number of nitrogens with zero attached hydrogens (tertiary/aromatic N) is 1. The van der Waals surface area contributed by atoms with Gasteiger partial charge in [0.05, 0.1) is 6.61 Å². The first kappa shape index (κ1) is 14.9. The quantitative estimate of drug-likeness (QED) is 0.673. The number of nitrogens with two attached hydrogens (primary N) is 1. The maximum Gasteiger partial charge on any atom is 0.0589 e. The summed E-state index contributed by atoms with van der Waals surface area (Å²) in [6.45, 7) is 10.6. The van der Waals surface area contributed by atoms with Crippen molar-refractivity contribution in [2.45, 2.75) is 58.7 Å². The summed E-state index contributed by atoms with van der Waals surface area (Å²) in [6, 6.07) is 1.27. The molecular weight excluding hydrogens is 188 g/mol. The zero-order chi connectivity index (χ0) is 11.8. The summed E-state index contributed by atoms with van der Waals surface area (Å²) in [5.41, 5.74) is 6.10. The smallest absolute Gasteiger partial charge is 0.0589 e. The van der Waals surface area contributed by atoms with Gasteiger partial charge in [-0.15, -0.1) is 0 Å². The van der Waals surface area contributed by atoms with E-state index < -0.39 is 0 Å². The van der Waals surface area contributed by atoms with Crippen molar-refractivity contribution >= 4 is 0 Å². The fourth-order valence-corrected chi connectivity index (χ4v) is 1.84. The van der Waals surface area contributed by atoms with E-state index >= 15 is 0 Å². The van der Waals surface area contributed by atoms with Crippen molar-refractivity contribution < 1.29 is 4.74 Å². The number of rotatable bonds is 8. The molecule has 3 nitrogen and oxygen atoms in total. The van der Waals surface area contributed by atoms with Crippen LogP contribution < -0.4 is 5.73 Å². The van der Waals surface area contributed by atoms with Crippen molar-refractivity contribution in [1.29, 1.82) is 0 Å². The number of methoxy groups -OCH3 is 1. The molecule has 0 aromatic rings. The van der Waals surface area contributed by atoms with Crippen molar-refractivity contribution in [3.05, 3.63) is 0 Å². The van der Waals surface area contributed by atoms with E-state index in [1.54, 1.807) is 7.11 Å². The second-order valence-electron chi connectivity index (χ2n) is 4.30. The Balaban J connectivity index is 4.32. The molecule has 0 spiro atoms. The minimum Gasteiger partial charge on any atom is -0.383 e. The number of hydrogen-bond donors (Lipinski definition) is 1. The third-order valence-electron chi connectivity index (χ3n) is 3.32. The second-order valence-corrected chi connectivity index (χ2v) is 4.30.